The van der Waals surface area contributed by atoms with Gasteiger partial charge in [0, 0.05) is 38.4 Å². The maximum atomic E-state index is 15.1. The molecule has 0 fully saturated rings. The quantitative estimate of drug-likeness (QED) is 0.237. The summed E-state index contributed by atoms with van der Waals surface area (Å²) in [6.45, 7) is 1.87. The van der Waals surface area contributed by atoms with Crippen molar-refractivity contribution in [2.24, 2.45) is 0 Å². The molecule has 0 saturated heterocycles. The van der Waals surface area contributed by atoms with Gasteiger partial charge in [-0.15, -0.1) is 0 Å². The Morgan fingerprint density at radius 1 is 0.902 bits per heavy atom. The third kappa shape index (κ3) is 8.13. The SMILES string of the molecule is COCCN(CCOC)C(=O)OCc1cc(F)ccc1[C@@H](C)N(c1cc(F)ccc1F)S(=O)(=O)c1ccc(Cl)cc1. The topological polar surface area (TPSA) is 85.4 Å². The molecule has 8 nitrogen and oxygen atoms in total. The molecule has 1 amide bonds. The molecule has 0 aliphatic rings. The van der Waals surface area contributed by atoms with Crippen LogP contribution in [-0.2, 0) is 30.8 Å². The molecule has 0 saturated carbocycles. The first-order valence-electron chi connectivity index (χ1n) is 12.4. The molecule has 0 radical (unpaired) electrons. The van der Waals surface area contributed by atoms with Crippen LogP contribution >= 0.6 is 11.6 Å². The van der Waals surface area contributed by atoms with Crippen LogP contribution in [-0.4, -0.2) is 59.9 Å². The molecule has 0 unspecified atom stereocenters. The highest BCUT2D eigenvalue weighted by molar-refractivity contribution is 7.92. The fraction of sp³-hybridized carbons (Fsp3) is 0.321. The van der Waals surface area contributed by atoms with Crippen molar-refractivity contribution in [1.82, 2.24) is 4.90 Å². The molecule has 3 aromatic rings. The Balaban J connectivity index is 2.04. The Morgan fingerprint density at radius 2 is 1.49 bits per heavy atom. The minimum absolute atomic E-state index is 0.123. The average Bonchev–Trinajstić information content (AvgIpc) is 2.94. The van der Waals surface area contributed by atoms with E-state index in [9.17, 15) is 22.0 Å². The molecule has 1 atom stereocenters. The Labute approximate surface area is 242 Å². The van der Waals surface area contributed by atoms with Crippen molar-refractivity contribution in [3.8, 4) is 0 Å². The molecule has 3 rings (SSSR count). The molecule has 0 bridgehead atoms. The summed E-state index contributed by atoms with van der Waals surface area (Å²) in [7, 11) is -1.56. The Hall–Kier alpha value is -3.32. The monoisotopic (exact) mass is 614 g/mol. The van der Waals surface area contributed by atoms with Gasteiger partial charge in [0.2, 0.25) is 0 Å². The predicted octanol–water partition coefficient (Wildman–Crippen LogP) is 5.95. The molecule has 0 spiro atoms. The van der Waals surface area contributed by atoms with Crippen LogP contribution in [0.5, 0.6) is 0 Å². The van der Waals surface area contributed by atoms with E-state index in [1.807, 2.05) is 0 Å². The summed E-state index contributed by atoms with van der Waals surface area (Å²) in [4.78, 5) is 13.9. The lowest BCUT2D eigenvalue weighted by Crippen LogP contribution is -2.37. The summed E-state index contributed by atoms with van der Waals surface area (Å²) < 4.78 is 87.6. The molecule has 222 valence electrons. The van der Waals surface area contributed by atoms with Gasteiger partial charge in [-0.1, -0.05) is 17.7 Å². The van der Waals surface area contributed by atoms with Crippen LogP contribution < -0.4 is 4.31 Å². The summed E-state index contributed by atoms with van der Waals surface area (Å²) >= 11 is 5.92. The van der Waals surface area contributed by atoms with Gasteiger partial charge in [-0.05, 0) is 66.6 Å². The standard InChI is InChI=1S/C28H30ClF3N2O6S/c1-19(25-10-6-22(30)16-20(25)18-40-28(35)33(12-14-38-2)13-15-39-3)34(27-17-23(31)7-11-26(27)32)41(36,37)24-8-4-21(29)5-9-24/h4-11,16-17,19H,12-15,18H2,1-3H3/t19-/m1/s1. The van der Waals surface area contributed by atoms with Crippen molar-refractivity contribution in [1.29, 1.82) is 0 Å². The van der Waals surface area contributed by atoms with Crippen molar-refractivity contribution in [3.05, 3.63) is 94.3 Å². The summed E-state index contributed by atoms with van der Waals surface area (Å²) in [6.07, 6.45) is -0.733. The van der Waals surface area contributed by atoms with E-state index in [1.54, 1.807) is 0 Å². The van der Waals surface area contributed by atoms with Crippen molar-refractivity contribution in [2.75, 3.05) is 44.8 Å². The number of hydrogen-bond donors (Lipinski definition) is 0. The van der Waals surface area contributed by atoms with Crippen LogP contribution in [0.15, 0.2) is 65.6 Å². The molecule has 0 aromatic heterocycles. The second-order valence-electron chi connectivity index (χ2n) is 8.90. The van der Waals surface area contributed by atoms with E-state index in [-0.39, 0.29) is 47.3 Å². The van der Waals surface area contributed by atoms with Gasteiger partial charge < -0.3 is 19.1 Å². The van der Waals surface area contributed by atoms with Crippen LogP contribution in [0.2, 0.25) is 5.02 Å². The zero-order valence-electron chi connectivity index (χ0n) is 22.7. The van der Waals surface area contributed by atoms with Crippen LogP contribution in [0.25, 0.3) is 0 Å². The number of hydrogen-bond acceptors (Lipinski definition) is 6. The van der Waals surface area contributed by atoms with E-state index in [4.69, 9.17) is 25.8 Å². The lowest BCUT2D eigenvalue weighted by atomic mass is 10.0. The summed E-state index contributed by atoms with van der Waals surface area (Å²) in [5.74, 6) is -2.55. The van der Waals surface area contributed by atoms with Crippen LogP contribution in [0.3, 0.4) is 0 Å². The maximum Gasteiger partial charge on any atom is 0.410 e. The summed E-state index contributed by atoms with van der Waals surface area (Å²) in [5.41, 5.74) is -0.247. The lowest BCUT2D eigenvalue weighted by Gasteiger charge is -2.32. The zero-order chi connectivity index (χ0) is 30.2. The second-order valence-corrected chi connectivity index (χ2v) is 11.1. The smallest absolute Gasteiger partial charge is 0.410 e. The highest BCUT2D eigenvalue weighted by atomic mass is 35.5. The number of carbonyl (C=O) groups excluding carboxylic acids is 1. The van der Waals surface area contributed by atoms with Crippen LogP contribution in [0.4, 0.5) is 23.7 Å². The summed E-state index contributed by atoms with van der Waals surface area (Å²) in [6, 6.07) is 9.86. The number of carbonyl (C=O) groups is 1. The minimum Gasteiger partial charge on any atom is -0.445 e. The Morgan fingerprint density at radius 3 is 2.10 bits per heavy atom. The van der Waals surface area contributed by atoms with Crippen molar-refractivity contribution in [2.45, 2.75) is 24.5 Å². The molecule has 0 aliphatic carbocycles. The fourth-order valence-electron chi connectivity index (χ4n) is 4.08. The normalized spacial score (nSPS) is 12.2. The third-order valence-electron chi connectivity index (χ3n) is 6.16. The first kappa shape index (κ1) is 32.2. The van der Waals surface area contributed by atoms with Crippen LogP contribution in [0.1, 0.15) is 24.1 Å². The van der Waals surface area contributed by atoms with Gasteiger partial charge in [-0.2, -0.15) is 0 Å². The highest BCUT2D eigenvalue weighted by Gasteiger charge is 2.34. The number of methoxy groups -OCH3 is 2. The van der Waals surface area contributed by atoms with Crippen molar-refractivity contribution < 1.29 is 40.6 Å². The number of ether oxygens (including phenoxy) is 3. The molecule has 3 aromatic carbocycles. The van der Waals surface area contributed by atoms with E-state index in [0.717, 1.165) is 30.3 Å². The highest BCUT2D eigenvalue weighted by Crippen LogP contribution is 2.37. The Bertz CT molecular complexity index is 1440. The maximum absolute atomic E-state index is 15.1. The molecule has 13 heteroatoms. The van der Waals surface area contributed by atoms with Gasteiger partial charge in [0.25, 0.3) is 10.0 Å². The van der Waals surface area contributed by atoms with Crippen LogP contribution in [0, 0.1) is 17.5 Å². The number of amides is 1. The first-order valence-corrected chi connectivity index (χ1v) is 14.2. The van der Waals surface area contributed by atoms with E-state index in [2.05, 4.69) is 0 Å². The minimum atomic E-state index is -4.52. The first-order chi connectivity index (χ1) is 19.5. The van der Waals surface area contributed by atoms with Gasteiger partial charge in [-0.3, -0.25) is 4.31 Å². The van der Waals surface area contributed by atoms with Crippen molar-refractivity contribution in [3.63, 3.8) is 0 Å². The third-order valence-corrected chi connectivity index (χ3v) is 8.31. The van der Waals surface area contributed by atoms with Gasteiger partial charge in [-0.25, -0.2) is 26.4 Å². The number of rotatable bonds is 13. The number of anilines is 1. The van der Waals surface area contributed by atoms with E-state index >= 15 is 4.39 Å². The molecule has 0 aliphatic heterocycles. The molecule has 41 heavy (non-hydrogen) atoms. The van der Waals surface area contributed by atoms with Gasteiger partial charge in [0.05, 0.1) is 29.8 Å². The lowest BCUT2D eigenvalue weighted by molar-refractivity contribution is 0.0692. The number of benzene rings is 3. The fourth-order valence-corrected chi connectivity index (χ4v) is 5.84. The van der Waals surface area contributed by atoms with Gasteiger partial charge in [0.1, 0.15) is 24.1 Å². The summed E-state index contributed by atoms with van der Waals surface area (Å²) in [5, 5.41) is 0.271. The molecule has 0 N–H and O–H groups in total. The second kappa shape index (κ2) is 14.5. The number of halogens is 4. The zero-order valence-corrected chi connectivity index (χ0v) is 24.2. The number of sulfonamides is 1. The van der Waals surface area contributed by atoms with Gasteiger partial charge >= 0.3 is 6.09 Å². The van der Waals surface area contributed by atoms with E-state index in [0.29, 0.717) is 4.31 Å². The molecular weight excluding hydrogens is 585 g/mol. The van der Waals surface area contributed by atoms with Crippen molar-refractivity contribution >= 4 is 33.4 Å². The average molecular weight is 615 g/mol. The Kier molecular flexibility index (Phi) is 11.4. The van der Waals surface area contributed by atoms with Gasteiger partial charge in [0.15, 0.2) is 0 Å². The predicted molar refractivity (Wildman–Crippen MR) is 148 cm³/mol. The van der Waals surface area contributed by atoms with E-state index in [1.165, 1.54) is 56.4 Å². The number of nitrogens with zero attached hydrogens (tertiary/aromatic N) is 2. The molecular formula is C28H30ClF3N2O6S. The molecule has 0 heterocycles. The van der Waals surface area contributed by atoms with E-state index < -0.39 is 51.9 Å². The largest absolute Gasteiger partial charge is 0.445 e.